The second-order valence-electron chi connectivity index (χ2n) is 15.0. The molecule has 0 bridgehead atoms. The van der Waals surface area contributed by atoms with E-state index in [1.807, 2.05) is 6.08 Å². The molecule has 0 spiro atoms. The largest absolute Gasteiger partial charge is 0.466 e. The summed E-state index contributed by atoms with van der Waals surface area (Å²) in [7, 11) is 0. The predicted octanol–water partition coefficient (Wildman–Crippen LogP) is 12.7. The molecule has 0 fully saturated rings. The van der Waals surface area contributed by atoms with Gasteiger partial charge in [0.1, 0.15) is 0 Å². The second kappa shape index (κ2) is 42.6. The minimum atomic E-state index is -0.866. The van der Waals surface area contributed by atoms with Crippen molar-refractivity contribution in [3.63, 3.8) is 0 Å². The van der Waals surface area contributed by atoms with Crippen LogP contribution in [0.15, 0.2) is 48.6 Å². The minimum absolute atomic E-state index is 0.0547. The fourth-order valence-corrected chi connectivity index (χ4v) is 6.29. The third-order valence-electron chi connectivity index (χ3n) is 9.81. The number of allylic oxidation sites excluding steroid dienone is 7. The van der Waals surface area contributed by atoms with Gasteiger partial charge < -0.3 is 20.3 Å². The number of carbonyl (C=O) groups is 2. The quantitative estimate of drug-likeness (QED) is 0.0330. The molecule has 0 aliphatic carbocycles. The molecule has 0 aliphatic heterocycles. The van der Waals surface area contributed by atoms with Crippen LogP contribution in [-0.4, -0.2) is 47.4 Å². The lowest BCUT2D eigenvalue weighted by molar-refractivity contribution is -0.143. The summed E-state index contributed by atoms with van der Waals surface area (Å²) in [6.07, 6.45) is 50.9. The smallest absolute Gasteiger partial charge is 0.305 e. The molecule has 6 nitrogen and oxygen atoms in total. The van der Waals surface area contributed by atoms with E-state index in [0.717, 1.165) is 89.9 Å². The highest BCUT2D eigenvalue weighted by atomic mass is 16.5. The molecule has 53 heavy (non-hydrogen) atoms. The zero-order chi connectivity index (χ0) is 38.7. The van der Waals surface area contributed by atoms with E-state index in [1.54, 1.807) is 6.08 Å². The predicted molar refractivity (Wildman–Crippen MR) is 227 cm³/mol. The van der Waals surface area contributed by atoms with Gasteiger partial charge in [-0.05, 0) is 83.5 Å². The molecular weight excluding hydrogens is 659 g/mol. The van der Waals surface area contributed by atoms with Crippen molar-refractivity contribution in [1.82, 2.24) is 5.32 Å². The van der Waals surface area contributed by atoms with Crippen LogP contribution >= 0.6 is 0 Å². The van der Waals surface area contributed by atoms with E-state index in [9.17, 15) is 19.8 Å². The first-order valence-corrected chi connectivity index (χ1v) is 22.4. The lowest BCUT2D eigenvalue weighted by Crippen LogP contribution is -2.45. The molecule has 2 unspecified atom stereocenters. The standard InChI is InChI=1S/C47H85NO5/c1-3-5-7-9-11-13-15-17-18-20-25-29-33-37-41-47(52)53-42-38-34-30-26-22-21-24-28-32-36-40-46(51)48-44(43-49)45(50)39-35-31-27-23-19-16-14-12-10-8-6-4-2/h9,11,15,17,22,26,35,39,44-45,49-50H,3-8,10,12-14,16,18-21,23-25,27-34,36-38,40-43H2,1-2H3,(H,48,51)/b11-9-,17-15-,26-22-,39-35+. The molecular formula is C47H85NO5. The van der Waals surface area contributed by atoms with Crippen LogP contribution in [0.4, 0.5) is 0 Å². The molecule has 0 aromatic carbocycles. The van der Waals surface area contributed by atoms with E-state index >= 15 is 0 Å². The highest BCUT2D eigenvalue weighted by Crippen LogP contribution is 2.13. The number of hydrogen-bond donors (Lipinski definition) is 3. The van der Waals surface area contributed by atoms with E-state index in [1.165, 1.54) is 96.3 Å². The molecule has 1 amide bonds. The molecule has 0 saturated carbocycles. The van der Waals surface area contributed by atoms with Gasteiger partial charge in [-0.25, -0.2) is 0 Å². The summed E-state index contributed by atoms with van der Waals surface area (Å²) < 4.78 is 5.41. The van der Waals surface area contributed by atoms with E-state index < -0.39 is 12.1 Å². The van der Waals surface area contributed by atoms with Crippen LogP contribution in [0.5, 0.6) is 0 Å². The average Bonchev–Trinajstić information content (AvgIpc) is 3.16. The molecule has 0 rings (SSSR count). The van der Waals surface area contributed by atoms with Gasteiger partial charge in [0, 0.05) is 12.8 Å². The van der Waals surface area contributed by atoms with Crippen molar-refractivity contribution < 1.29 is 24.5 Å². The van der Waals surface area contributed by atoms with Crippen molar-refractivity contribution in [2.45, 2.75) is 225 Å². The van der Waals surface area contributed by atoms with Gasteiger partial charge in [0.2, 0.25) is 5.91 Å². The van der Waals surface area contributed by atoms with Crippen molar-refractivity contribution >= 4 is 11.9 Å². The Kier molecular flexibility index (Phi) is 40.8. The Labute approximate surface area is 327 Å². The Morgan fingerprint density at radius 1 is 0.528 bits per heavy atom. The van der Waals surface area contributed by atoms with Crippen LogP contribution in [0.25, 0.3) is 0 Å². The van der Waals surface area contributed by atoms with Gasteiger partial charge >= 0.3 is 5.97 Å². The maximum atomic E-state index is 12.4. The Morgan fingerprint density at radius 2 is 0.962 bits per heavy atom. The number of aliphatic hydroxyl groups is 2. The molecule has 0 aromatic heterocycles. The SMILES string of the molecule is CCCC/C=C\C/C=C\CCCCCCCC(=O)OCCCC/C=C\CCCCCCC(=O)NC(CO)C(O)/C=C/CCCCCCCCCCCC. The maximum absolute atomic E-state index is 12.4. The van der Waals surface area contributed by atoms with Crippen LogP contribution in [-0.2, 0) is 14.3 Å². The monoisotopic (exact) mass is 744 g/mol. The number of esters is 1. The van der Waals surface area contributed by atoms with Crippen molar-refractivity contribution in [3.05, 3.63) is 48.6 Å². The van der Waals surface area contributed by atoms with Gasteiger partial charge in [-0.3, -0.25) is 9.59 Å². The minimum Gasteiger partial charge on any atom is -0.466 e. The van der Waals surface area contributed by atoms with Gasteiger partial charge in [-0.1, -0.05) is 165 Å². The van der Waals surface area contributed by atoms with Crippen molar-refractivity contribution in [2.75, 3.05) is 13.2 Å². The lowest BCUT2D eigenvalue weighted by Gasteiger charge is -2.20. The summed E-state index contributed by atoms with van der Waals surface area (Å²) in [4.78, 5) is 24.3. The number of carbonyl (C=O) groups excluding carboxylic acids is 2. The Morgan fingerprint density at radius 3 is 1.51 bits per heavy atom. The number of unbranched alkanes of at least 4 members (excludes halogenated alkanes) is 23. The number of aliphatic hydroxyl groups excluding tert-OH is 2. The number of nitrogens with one attached hydrogen (secondary N) is 1. The zero-order valence-electron chi connectivity index (χ0n) is 34.7. The number of rotatable bonds is 40. The zero-order valence-corrected chi connectivity index (χ0v) is 34.7. The number of amides is 1. The highest BCUT2D eigenvalue weighted by Gasteiger charge is 2.17. The summed E-state index contributed by atoms with van der Waals surface area (Å²) in [6.45, 7) is 4.73. The van der Waals surface area contributed by atoms with E-state index in [-0.39, 0.29) is 18.5 Å². The lowest BCUT2D eigenvalue weighted by atomic mass is 10.1. The summed E-state index contributed by atoms with van der Waals surface area (Å²) in [5.74, 6) is -0.163. The van der Waals surface area contributed by atoms with Crippen molar-refractivity contribution in [1.29, 1.82) is 0 Å². The second-order valence-corrected chi connectivity index (χ2v) is 15.0. The molecule has 3 N–H and O–H groups in total. The molecule has 0 saturated heterocycles. The van der Waals surface area contributed by atoms with Gasteiger partial charge in [0.25, 0.3) is 0 Å². The average molecular weight is 744 g/mol. The molecule has 0 aliphatic rings. The Bertz CT molecular complexity index is 911. The molecule has 0 radical (unpaired) electrons. The fourth-order valence-electron chi connectivity index (χ4n) is 6.29. The third kappa shape index (κ3) is 39.3. The number of ether oxygens (including phenoxy) is 1. The fraction of sp³-hybridized carbons (Fsp3) is 0.787. The number of hydrogen-bond acceptors (Lipinski definition) is 5. The third-order valence-corrected chi connectivity index (χ3v) is 9.81. The van der Waals surface area contributed by atoms with Gasteiger partial charge in [-0.15, -0.1) is 0 Å². The van der Waals surface area contributed by atoms with E-state index in [2.05, 4.69) is 55.6 Å². The highest BCUT2D eigenvalue weighted by molar-refractivity contribution is 5.76. The van der Waals surface area contributed by atoms with Crippen LogP contribution in [0.1, 0.15) is 213 Å². The normalized spacial score (nSPS) is 13.2. The van der Waals surface area contributed by atoms with Crippen LogP contribution in [0.2, 0.25) is 0 Å². The van der Waals surface area contributed by atoms with Crippen molar-refractivity contribution in [3.8, 4) is 0 Å². The first-order chi connectivity index (χ1) is 26.0. The van der Waals surface area contributed by atoms with Gasteiger partial charge in [0.05, 0.1) is 25.4 Å². The molecule has 6 heteroatoms. The first-order valence-electron chi connectivity index (χ1n) is 22.4. The van der Waals surface area contributed by atoms with E-state index in [0.29, 0.717) is 19.4 Å². The Hall–Kier alpha value is -2.18. The first kappa shape index (κ1) is 50.8. The van der Waals surface area contributed by atoms with Crippen molar-refractivity contribution in [2.24, 2.45) is 0 Å². The summed E-state index contributed by atoms with van der Waals surface area (Å²) in [5, 5.41) is 22.9. The molecule has 0 heterocycles. The van der Waals surface area contributed by atoms with Crippen LogP contribution in [0.3, 0.4) is 0 Å². The van der Waals surface area contributed by atoms with E-state index in [4.69, 9.17) is 4.74 Å². The Balaban J connectivity index is 3.60. The maximum Gasteiger partial charge on any atom is 0.305 e. The van der Waals surface area contributed by atoms with Crippen LogP contribution < -0.4 is 5.32 Å². The van der Waals surface area contributed by atoms with Crippen LogP contribution in [0, 0.1) is 0 Å². The topological polar surface area (TPSA) is 95.9 Å². The molecule has 0 aromatic rings. The molecule has 308 valence electrons. The summed E-state index contributed by atoms with van der Waals surface area (Å²) >= 11 is 0. The molecule has 2 atom stereocenters. The summed E-state index contributed by atoms with van der Waals surface area (Å²) in [5.41, 5.74) is 0. The summed E-state index contributed by atoms with van der Waals surface area (Å²) in [6, 6.07) is -0.653. The van der Waals surface area contributed by atoms with Gasteiger partial charge in [0.15, 0.2) is 0 Å². The van der Waals surface area contributed by atoms with Gasteiger partial charge in [-0.2, -0.15) is 0 Å².